The fourth-order valence-electron chi connectivity index (χ4n) is 7.27. The summed E-state index contributed by atoms with van der Waals surface area (Å²) in [6, 6.07) is 12.9. The van der Waals surface area contributed by atoms with E-state index in [1.54, 1.807) is 0 Å². The number of rotatable bonds is 7. The molecule has 3 heteroatoms. The molecule has 39 heavy (non-hydrogen) atoms. The molecule has 3 aliphatic carbocycles. The van der Waals surface area contributed by atoms with Gasteiger partial charge in [-0.2, -0.15) is 0 Å². The molecule has 0 amide bonds. The monoisotopic (exact) mass is 524 g/mol. The summed E-state index contributed by atoms with van der Waals surface area (Å²) in [4.78, 5) is 40.7. The highest BCUT2D eigenvalue weighted by molar-refractivity contribution is 6.55. The molecule has 0 bridgehead atoms. The molecule has 1 unspecified atom stereocenters. The SMILES string of the molecule is CC1=C(C(=O)C(=O)C2CCC(C)CC2)c2cc(C(=O)C3CCC(Cc4ccc(C)cc4)CC3)c(C)cc2C1C. The fourth-order valence-corrected chi connectivity index (χ4v) is 7.27. The lowest BCUT2D eigenvalue weighted by Crippen LogP contribution is -2.28. The van der Waals surface area contributed by atoms with Gasteiger partial charge in [0.15, 0.2) is 5.78 Å². The van der Waals surface area contributed by atoms with Crippen LogP contribution in [0.5, 0.6) is 0 Å². The molecule has 2 aromatic carbocycles. The molecule has 206 valence electrons. The molecule has 0 saturated heterocycles. The summed E-state index contributed by atoms with van der Waals surface area (Å²) in [5, 5.41) is 0. The molecule has 2 aromatic rings. The Labute approximate surface area is 234 Å². The molecule has 0 aliphatic heterocycles. The van der Waals surface area contributed by atoms with Gasteiger partial charge in [-0.15, -0.1) is 0 Å². The molecule has 0 spiro atoms. The van der Waals surface area contributed by atoms with Crippen molar-refractivity contribution < 1.29 is 14.4 Å². The standard InChI is InChI=1S/C36H44O3/c1-21-6-10-26(11-7-21)19-27-12-16-28(17-13-27)34(37)30-20-32-31(18-23(30)3)24(4)25(5)33(32)36(39)35(38)29-14-8-22(2)9-15-29/h6-7,10-11,18,20,22,24,27-29H,8-9,12-17,19H2,1-5H3. The van der Waals surface area contributed by atoms with Crippen LogP contribution in [-0.2, 0) is 16.0 Å². The van der Waals surface area contributed by atoms with Gasteiger partial charge in [0.05, 0.1) is 0 Å². The quantitative estimate of drug-likeness (QED) is 0.270. The summed E-state index contributed by atoms with van der Waals surface area (Å²) in [6.45, 7) is 10.5. The number of Topliss-reactive ketones (excluding diaryl/α,β-unsaturated/α-hetero) is 3. The lowest BCUT2D eigenvalue weighted by atomic mass is 9.75. The summed E-state index contributed by atoms with van der Waals surface area (Å²) in [5.74, 6) is 0.862. The molecular weight excluding hydrogens is 480 g/mol. The van der Waals surface area contributed by atoms with Gasteiger partial charge >= 0.3 is 0 Å². The minimum absolute atomic E-state index is 0.0323. The van der Waals surface area contributed by atoms with Crippen LogP contribution in [0.4, 0.5) is 0 Å². The third-order valence-corrected chi connectivity index (χ3v) is 10.1. The minimum atomic E-state index is -0.337. The van der Waals surface area contributed by atoms with Crippen molar-refractivity contribution in [1.82, 2.24) is 0 Å². The van der Waals surface area contributed by atoms with Crippen LogP contribution in [0, 0.1) is 37.5 Å². The van der Waals surface area contributed by atoms with Gasteiger partial charge in [0.25, 0.3) is 0 Å². The van der Waals surface area contributed by atoms with Crippen molar-refractivity contribution >= 4 is 22.9 Å². The second-order valence-corrected chi connectivity index (χ2v) is 13.0. The Morgan fingerprint density at radius 1 is 0.769 bits per heavy atom. The number of fused-ring (bicyclic) bond motifs is 1. The van der Waals surface area contributed by atoms with Crippen molar-refractivity contribution in [3.8, 4) is 0 Å². The van der Waals surface area contributed by atoms with Gasteiger partial charge < -0.3 is 0 Å². The van der Waals surface area contributed by atoms with E-state index in [1.807, 2.05) is 19.9 Å². The van der Waals surface area contributed by atoms with E-state index in [-0.39, 0.29) is 35.1 Å². The molecule has 2 saturated carbocycles. The zero-order chi connectivity index (χ0) is 27.8. The third kappa shape index (κ3) is 5.60. The molecule has 0 heterocycles. The number of carbonyl (C=O) groups is 3. The van der Waals surface area contributed by atoms with Crippen LogP contribution in [0.15, 0.2) is 42.0 Å². The third-order valence-electron chi connectivity index (χ3n) is 10.1. The first-order chi connectivity index (χ1) is 18.6. The topological polar surface area (TPSA) is 51.2 Å². The Bertz CT molecular complexity index is 1300. The highest BCUT2D eigenvalue weighted by Crippen LogP contribution is 2.45. The Kier molecular flexibility index (Phi) is 8.08. The largest absolute Gasteiger partial charge is 0.294 e. The Hall–Kier alpha value is -2.81. The molecule has 3 nitrogen and oxygen atoms in total. The van der Waals surface area contributed by atoms with Crippen LogP contribution in [-0.4, -0.2) is 17.3 Å². The first-order valence-corrected chi connectivity index (χ1v) is 15.2. The first kappa shape index (κ1) is 27.7. The van der Waals surface area contributed by atoms with Crippen LogP contribution in [0.2, 0.25) is 0 Å². The number of allylic oxidation sites excluding steroid dienone is 2. The first-order valence-electron chi connectivity index (χ1n) is 15.2. The second-order valence-electron chi connectivity index (χ2n) is 13.0. The number of hydrogen-bond acceptors (Lipinski definition) is 3. The Morgan fingerprint density at radius 3 is 2.03 bits per heavy atom. The van der Waals surface area contributed by atoms with E-state index >= 15 is 0 Å². The van der Waals surface area contributed by atoms with Crippen LogP contribution in [0.1, 0.15) is 116 Å². The average molecular weight is 525 g/mol. The smallest absolute Gasteiger partial charge is 0.229 e. The van der Waals surface area contributed by atoms with Crippen molar-refractivity contribution in [3.63, 3.8) is 0 Å². The number of hydrogen-bond donors (Lipinski definition) is 0. The highest BCUT2D eigenvalue weighted by Gasteiger charge is 2.37. The lowest BCUT2D eigenvalue weighted by Gasteiger charge is -2.28. The van der Waals surface area contributed by atoms with E-state index in [4.69, 9.17) is 0 Å². The van der Waals surface area contributed by atoms with Crippen LogP contribution < -0.4 is 0 Å². The maximum atomic E-state index is 13.8. The van der Waals surface area contributed by atoms with Crippen molar-refractivity contribution in [2.75, 3.05) is 0 Å². The van der Waals surface area contributed by atoms with Gasteiger partial charge in [-0.25, -0.2) is 0 Å². The summed E-state index contributed by atoms with van der Waals surface area (Å²) in [6.07, 6.45) is 8.71. The normalized spacial score (nSPS) is 26.8. The molecule has 2 fully saturated rings. The molecule has 3 aliphatic rings. The van der Waals surface area contributed by atoms with E-state index in [2.05, 4.69) is 51.1 Å². The number of aryl methyl sites for hydroxylation is 2. The fraction of sp³-hybridized carbons (Fsp3) is 0.528. The maximum absolute atomic E-state index is 13.8. The van der Waals surface area contributed by atoms with E-state index < -0.39 is 0 Å². The van der Waals surface area contributed by atoms with Crippen LogP contribution in [0.3, 0.4) is 0 Å². The lowest BCUT2D eigenvalue weighted by molar-refractivity contribution is -0.136. The number of benzene rings is 2. The predicted octanol–water partition coefficient (Wildman–Crippen LogP) is 8.39. The van der Waals surface area contributed by atoms with Gasteiger partial charge in [0.2, 0.25) is 11.6 Å². The van der Waals surface area contributed by atoms with E-state index in [1.165, 1.54) is 11.1 Å². The van der Waals surface area contributed by atoms with Gasteiger partial charge in [-0.05, 0) is 106 Å². The maximum Gasteiger partial charge on any atom is 0.229 e. The highest BCUT2D eigenvalue weighted by atomic mass is 16.2. The predicted molar refractivity (Wildman–Crippen MR) is 158 cm³/mol. The van der Waals surface area contributed by atoms with Gasteiger partial charge in [-0.3, -0.25) is 14.4 Å². The summed E-state index contributed by atoms with van der Waals surface area (Å²) < 4.78 is 0. The molecule has 0 radical (unpaired) electrons. The van der Waals surface area contributed by atoms with E-state index in [9.17, 15) is 14.4 Å². The zero-order valence-corrected chi connectivity index (χ0v) is 24.4. The average Bonchev–Trinajstić information content (AvgIpc) is 3.17. The summed E-state index contributed by atoms with van der Waals surface area (Å²) in [7, 11) is 0. The summed E-state index contributed by atoms with van der Waals surface area (Å²) in [5.41, 5.74) is 7.83. The Balaban J connectivity index is 1.32. The van der Waals surface area contributed by atoms with E-state index in [0.29, 0.717) is 17.4 Å². The molecular formula is C36H44O3. The van der Waals surface area contributed by atoms with Crippen LogP contribution >= 0.6 is 0 Å². The minimum Gasteiger partial charge on any atom is -0.294 e. The van der Waals surface area contributed by atoms with Gasteiger partial charge in [0, 0.05) is 28.9 Å². The van der Waals surface area contributed by atoms with Crippen molar-refractivity contribution in [1.29, 1.82) is 0 Å². The summed E-state index contributed by atoms with van der Waals surface area (Å²) >= 11 is 0. The zero-order valence-electron chi connectivity index (χ0n) is 24.4. The van der Waals surface area contributed by atoms with Crippen LogP contribution in [0.25, 0.3) is 5.57 Å². The molecule has 1 atom stereocenters. The number of ketones is 3. The Morgan fingerprint density at radius 2 is 1.38 bits per heavy atom. The molecule has 5 rings (SSSR count). The van der Waals surface area contributed by atoms with Crippen molar-refractivity contribution in [2.24, 2.45) is 23.7 Å². The van der Waals surface area contributed by atoms with Crippen molar-refractivity contribution in [2.45, 2.75) is 98.3 Å². The molecule has 0 aromatic heterocycles. The van der Waals surface area contributed by atoms with E-state index in [0.717, 1.165) is 85.6 Å². The molecule has 0 N–H and O–H groups in total. The van der Waals surface area contributed by atoms with Gasteiger partial charge in [-0.1, -0.05) is 68.2 Å². The van der Waals surface area contributed by atoms with Crippen molar-refractivity contribution in [3.05, 3.63) is 75.4 Å². The van der Waals surface area contributed by atoms with Gasteiger partial charge in [0.1, 0.15) is 0 Å². The number of carbonyl (C=O) groups excluding carboxylic acids is 3. The second kappa shape index (κ2) is 11.4.